The van der Waals surface area contributed by atoms with Gasteiger partial charge in [-0.1, -0.05) is 45.7 Å². The van der Waals surface area contributed by atoms with Crippen molar-refractivity contribution in [3.8, 4) is 22.9 Å². The van der Waals surface area contributed by atoms with Crippen LogP contribution in [0, 0.1) is 34.5 Å². The Morgan fingerprint density at radius 2 is 1.81 bits per heavy atom. The van der Waals surface area contributed by atoms with Crippen molar-refractivity contribution in [1.82, 2.24) is 19.8 Å². The number of amides is 1. The van der Waals surface area contributed by atoms with Crippen molar-refractivity contribution < 1.29 is 38.4 Å². The number of nitrogens with zero attached hydrogens (tertiary/aromatic N) is 4. The summed E-state index contributed by atoms with van der Waals surface area (Å²) in [5.41, 5.74) is 0.470. The number of fused-ring (bicyclic) bond motifs is 2. The number of aliphatic carboxylic acids is 1. The Hall–Kier alpha value is -3.72. The molecule has 13 nitrogen and oxygen atoms in total. The molecule has 4 heterocycles. The minimum Gasteiger partial charge on any atom is -0.491 e. The maximum Gasteiger partial charge on any atom is 0.309 e. The third-order valence-corrected chi connectivity index (χ3v) is 15.2. The fraction of sp³-hybridized carbons (Fsp3) is 0.681. The molecular formula is C47H64ClN5O8S. The molecule has 3 saturated carbocycles. The maximum atomic E-state index is 14.9. The standard InChI is InChI=1S/C47H64ClN5O8S/c1-7-30-24-47(30,44(56)57)11-10-31-21-33(25-53(31)43(55)35(46(4,5)6)22-40(54)61-32-19-28-18-29(28)20-32)60-39-23-36(37-26-62-45(51-37)49-27(2)3)50-42-34(39)8-9-38(41(42)48)59-17-14-52-12-15-58-16-13-52/h8-9,23,26-33,35H,7,10-22,24-25H2,1-6H3,(H,49,51)(H,56,57)/t28-,29+,30-,31-,32?,33-,35-,47+/m1/s1. The zero-order chi connectivity index (χ0) is 43.9. The second kappa shape index (κ2) is 18.4. The van der Waals surface area contributed by atoms with Crippen LogP contribution in [-0.2, 0) is 23.9 Å². The first-order valence-corrected chi connectivity index (χ1v) is 24.1. The van der Waals surface area contributed by atoms with Gasteiger partial charge in [0.2, 0.25) is 5.91 Å². The Morgan fingerprint density at radius 1 is 1.05 bits per heavy atom. The summed E-state index contributed by atoms with van der Waals surface area (Å²) in [6, 6.07) is 5.58. The molecule has 1 amide bonds. The topological polar surface area (TPSA) is 153 Å². The molecule has 1 unspecified atom stereocenters. The second-order valence-corrected chi connectivity index (χ2v) is 21.0. The summed E-state index contributed by atoms with van der Waals surface area (Å²) in [7, 11) is 0. The average molecular weight is 895 g/mol. The molecule has 5 aliphatic rings. The average Bonchev–Trinajstić information content (AvgIpc) is 3.93. The number of halogens is 1. The largest absolute Gasteiger partial charge is 0.491 e. The van der Waals surface area contributed by atoms with E-state index in [-0.39, 0.29) is 48.9 Å². The molecule has 0 spiro atoms. The predicted octanol–water partition coefficient (Wildman–Crippen LogP) is 8.57. The summed E-state index contributed by atoms with van der Waals surface area (Å²) in [6.07, 6.45) is 5.50. The molecule has 5 fully saturated rings. The van der Waals surface area contributed by atoms with Gasteiger partial charge in [-0.25, -0.2) is 9.97 Å². The lowest BCUT2D eigenvalue weighted by Gasteiger charge is -2.35. The number of likely N-dealkylation sites (tertiary alicyclic amines) is 1. The summed E-state index contributed by atoms with van der Waals surface area (Å²) < 4.78 is 24.7. The Labute approximate surface area is 374 Å². The molecule has 2 aliphatic heterocycles. The first kappa shape index (κ1) is 44.9. The van der Waals surface area contributed by atoms with Crippen molar-refractivity contribution >= 4 is 56.8 Å². The number of pyridine rings is 1. The van der Waals surface area contributed by atoms with Crippen LogP contribution >= 0.6 is 22.9 Å². The van der Waals surface area contributed by atoms with Crippen molar-refractivity contribution in [1.29, 1.82) is 0 Å². The summed E-state index contributed by atoms with van der Waals surface area (Å²) in [6.45, 7) is 16.8. The molecule has 8 atom stereocenters. The molecule has 1 aromatic carbocycles. The van der Waals surface area contributed by atoms with Crippen molar-refractivity contribution in [3.63, 3.8) is 0 Å². The second-order valence-electron chi connectivity index (χ2n) is 19.8. The van der Waals surface area contributed by atoms with Crippen LogP contribution in [-0.4, -0.2) is 113 Å². The van der Waals surface area contributed by atoms with Crippen LogP contribution < -0.4 is 14.8 Å². The van der Waals surface area contributed by atoms with Crippen molar-refractivity contribution in [2.24, 2.45) is 34.5 Å². The molecule has 15 heteroatoms. The number of rotatable bonds is 18. The minimum atomic E-state index is -0.774. The van der Waals surface area contributed by atoms with E-state index in [9.17, 15) is 19.5 Å². The normalized spacial score (nSPS) is 27.6. The number of morpholine rings is 1. The Balaban J connectivity index is 1.07. The Morgan fingerprint density at radius 3 is 2.48 bits per heavy atom. The highest BCUT2D eigenvalue weighted by molar-refractivity contribution is 7.14. The smallest absolute Gasteiger partial charge is 0.309 e. The third-order valence-electron chi connectivity index (χ3n) is 14.0. The van der Waals surface area contributed by atoms with Crippen molar-refractivity contribution in [2.75, 3.05) is 51.3 Å². The molecular weight excluding hydrogens is 830 g/mol. The lowest BCUT2D eigenvalue weighted by Crippen LogP contribution is -2.45. The number of anilines is 1. The van der Waals surface area contributed by atoms with Gasteiger partial charge < -0.3 is 34.3 Å². The van der Waals surface area contributed by atoms with Crippen molar-refractivity contribution in [2.45, 2.75) is 124 Å². The SMILES string of the molecule is CC[C@@H]1C[C@]1(CC[C@@H]1C[C@@H](Oc2cc(-c3csc(NC(C)C)n3)nc3c(Cl)c(OCCN4CCOCC4)ccc23)CN1C(=O)[C@@H](CC(=O)OC1C[C@@H]2C[C@@H]2C1)C(C)(C)C)C(=O)O. The monoisotopic (exact) mass is 893 g/mol. The van der Waals surface area contributed by atoms with Gasteiger partial charge in [-0.2, -0.15) is 0 Å². The molecule has 0 radical (unpaired) electrons. The van der Waals surface area contributed by atoms with Crippen LogP contribution in [0.25, 0.3) is 22.3 Å². The molecule has 2 saturated heterocycles. The number of benzene rings is 1. The fourth-order valence-corrected chi connectivity index (χ4v) is 11.3. The van der Waals surface area contributed by atoms with E-state index in [1.807, 2.05) is 56.2 Å². The fourth-order valence-electron chi connectivity index (χ4n) is 10.2. The number of ether oxygens (including phenoxy) is 4. The zero-order valence-corrected chi connectivity index (χ0v) is 38.7. The molecule has 62 heavy (non-hydrogen) atoms. The Bertz CT molecular complexity index is 2110. The summed E-state index contributed by atoms with van der Waals surface area (Å²) in [5.74, 6) is 0.708. The van der Waals surface area contributed by atoms with E-state index < -0.39 is 28.8 Å². The van der Waals surface area contributed by atoms with Gasteiger partial charge in [0.05, 0.1) is 48.7 Å². The van der Waals surface area contributed by atoms with Gasteiger partial charge in [0.1, 0.15) is 41.0 Å². The number of hydrogen-bond donors (Lipinski definition) is 2. The molecule has 8 rings (SSSR count). The van der Waals surface area contributed by atoms with E-state index in [1.165, 1.54) is 17.8 Å². The lowest BCUT2D eigenvalue weighted by atomic mass is 9.77. The number of thiazole rings is 1. The van der Waals surface area contributed by atoms with Crippen LogP contribution in [0.3, 0.4) is 0 Å². The summed E-state index contributed by atoms with van der Waals surface area (Å²) >= 11 is 8.64. The summed E-state index contributed by atoms with van der Waals surface area (Å²) in [5, 5.41) is 17.5. The summed E-state index contributed by atoms with van der Waals surface area (Å²) in [4.78, 5) is 55.1. The van der Waals surface area contributed by atoms with Gasteiger partial charge in [-0.3, -0.25) is 19.3 Å². The van der Waals surface area contributed by atoms with Crippen LogP contribution in [0.5, 0.6) is 11.5 Å². The lowest BCUT2D eigenvalue weighted by molar-refractivity contribution is -0.156. The van der Waals surface area contributed by atoms with Gasteiger partial charge >= 0.3 is 11.9 Å². The number of esters is 1. The number of carboxylic acid groups (broad SMARTS) is 1. The number of aromatic nitrogens is 2. The number of carbonyl (C=O) groups excluding carboxylic acids is 2. The third kappa shape index (κ3) is 9.98. The van der Waals surface area contributed by atoms with Gasteiger partial charge in [0.25, 0.3) is 0 Å². The van der Waals surface area contributed by atoms with Gasteiger partial charge in [-0.05, 0) is 87.7 Å². The first-order chi connectivity index (χ1) is 29.6. The number of nitrogens with one attached hydrogen (secondary N) is 1. The quantitative estimate of drug-likeness (QED) is 0.118. The Kier molecular flexibility index (Phi) is 13.3. The van der Waals surface area contributed by atoms with E-state index >= 15 is 0 Å². The number of carboxylic acids is 1. The van der Waals surface area contributed by atoms with E-state index in [1.54, 1.807) is 0 Å². The van der Waals surface area contributed by atoms with Crippen LogP contribution in [0.2, 0.25) is 5.02 Å². The molecule has 3 aromatic rings. The maximum absolute atomic E-state index is 14.9. The van der Waals surface area contributed by atoms with E-state index in [4.69, 9.17) is 40.5 Å². The molecule has 2 N–H and O–H groups in total. The van der Waals surface area contributed by atoms with Gasteiger partial charge in [-0.15, -0.1) is 11.3 Å². The number of carbonyl (C=O) groups is 3. The van der Waals surface area contributed by atoms with Gasteiger partial charge in [0.15, 0.2) is 5.13 Å². The van der Waals surface area contributed by atoms with Crippen LogP contribution in [0.4, 0.5) is 5.13 Å². The predicted molar refractivity (Wildman–Crippen MR) is 240 cm³/mol. The number of hydrogen-bond acceptors (Lipinski definition) is 12. The van der Waals surface area contributed by atoms with E-state index in [0.29, 0.717) is 96.2 Å². The molecule has 3 aliphatic carbocycles. The van der Waals surface area contributed by atoms with Crippen LogP contribution in [0.1, 0.15) is 99.3 Å². The molecule has 338 valence electrons. The van der Waals surface area contributed by atoms with Crippen molar-refractivity contribution in [3.05, 3.63) is 28.6 Å². The minimum absolute atomic E-state index is 0.00508. The highest BCUT2D eigenvalue weighted by atomic mass is 35.5. The van der Waals surface area contributed by atoms with Gasteiger partial charge in [0, 0.05) is 55.0 Å². The highest BCUT2D eigenvalue weighted by Gasteiger charge is 2.59. The van der Waals surface area contributed by atoms with Crippen LogP contribution in [0.15, 0.2) is 23.6 Å². The van der Waals surface area contributed by atoms with E-state index in [2.05, 4.69) is 24.1 Å². The highest BCUT2D eigenvalue weighted by Crippen LogP contribution is 2.58. The first-order valence-electron chi connectivity index (χ1n) is 22.8. The zero-order valence-electron chi connectivity index (χ0n) is 37.1. The van der Waals surface area contributed by atoms with E-state index in [0.717, 1.165) is 44.0 Å². The molecule has 2 aromatic heterocycles. The molecule has 0 bridgehead atoms.